The molecule has 3 heteroatoms. The van der Waals surface area contributed by atoms with Crippen LogP contribution in [0.1, 0.15) is 11.1 Å². The third-order valence-corrected chi connectivity index (χ3v) is 3.60. The molecule has 0 spiro atoms. The molecular formula is C10H9ClOS. The molecule has 1 N–H and O–H groups in total. The van der Waals surface area contributed by atoms with E-state index in [1.54, 1.807) is 11.3 Å². The fraction of sp³-hybridized carbons (Fsp3) is 0.200. The van der Waals surface area contributed by atoms with Crippen LogP contribution in [0.15, 0.2) is 17.5 Å². The maximum atomic E-state index is 9.09. The van der Waals surface area contributed by atoms with Crippen LogP contribution in [0.5, 0.6) is 0 Å². The Morgan fingerprint density at radius 1 is 1.46 bits per heavy atom. The van der Waals surface area contributed by atoms with Gasteiger partial charge in [0.05, 0.1) is 11.6 Å². The van der Waals surface area contributed by atoms with Gasteiger partial charge in [-0.05, 0) is 29.5 Å². The Morgan fingerprint density at radius 2 is 2.23 bits per heavy atom. The number of rotatable bonds is 1. The molecule has 0 aliphatic heterocycles. The Morgan fingerprint density at radius 3 is 2.92 bits per heavy atom. The second-order valence-electron chi connectivity index (χ2n) is 2.99. The largest absolute Gasteiger partial charge is 0.392 e. The van der Waals surface area contributed by atoms with E-state index in [9.17, 15) is 0 Å². The van der Waals surface area contributed by atoms with E-state index in [-0.39, 0.29) is 6.61 Å². The molecule has 0 radical (unpaired) electrons. The zero-order chi connectivity index (χ0) is 9.42. The van der Waals surface area contributed by atoms with Gasteiger partial charge in [-0.25, -0.2) is 0 Å². The van der Waals surface area contributed by atoms with Gasteiger partial charge >= 0.3 is 0 Å². The van der Waals surface area contributed by atoms with Crippen LogP contribution in [0.3, 0.4) is 0 Å². The van der Waals surface area contributed by atoms with Crippen LogP contribution in [-0.2, 0) is 6.61 Å². The van der Waals surface area contributed by atoms with Gasteiger partial charge in [0.1, 0.15) is 0 Å². The van der Waals surface area contributed by atoms with Crippen molar-refractivity contribution in [2.75, 3.05) is 0 Å². The second-order valence-corrected chi connectivity index (χ2v) is 4.28. The summed E-state index contributed by atoms with van der Waals surface area (Å²) in [6.07, 6.45) is 0. The van der Waals surface area contributed by atoms with Crippen molar-refractivity contribution in [3.05, 3.63) is 33.7 Å². The highest BCUT2D eigenvalue weighted by Crippen LogP contribution is 2.34. The van der Waals surface area contributed by atoms with Gasteiger partial charge in [0, 0.05) is 10.1 Å². The zero-order valence-electron chi connectivity index (χ0n) is 7.17. The number of halogens is 1. The van der Waals surface area contributed by atoms with Gasteiger partial charge in [0.15, 0.2) is 0 Å². The summed E-state index contributed by atoms with van der Waals surface area (Å²) in [4.78, 5) is 0. The Labute approximate surface area is 85.6 Å². The van der Waals surface area contributed by atoms with Gasteiger partial charge in [0.2, 0.25) is 0 Å². The van der Waals surface area contributed by atoms with Gasteiger partial charge in [0.25, 0.3) is 0 Å². The van der Waals surface area contributed by atoms with Gasteiger partial charge < -0.3 is 5.11 Å². The van der Waals surface area contributed by atoms with E-state index in [2.05, 4.69) is 0 Å². The first-order valence-electron chi connectivity index (χ1n) is 4.00. The van der Waals surface area contributed by atoms with Crippen molar-refractivity contribution in [2.45, 2.75) is 13.5 Å². The van der Waals surface area contributed by atoms with Crippen LogP contribution in [0, 0.1) is 6.92 Å². The molecule has 68 valence electrons. The third kappa shape index (κ3) is 1.35. The van der Waals surface area contributed by atoms with Gasteiger partial charge in [-0.2, -0.15) is 0 Å². The number of benzene rings is 1. The minimum Gasteiger partial charge on any atom is -0.392 e. The molecule has 0 unspecified atom stereocenters. The summed E-state index contributed by atoms with van der Waals surface area (Å²) < 4.78 is 1.14. The zero-order valence-corrected chi connectivity index (χ0v) is 8.75. The highest BCUT2D eigenvalue weighted by atomic mass is 35.5. The average molecular weight is 213 g/mol. The lowest BCUT2D eigenvalue weighted by Gasteiger charge is -2.00. The summed E-state index contributed by atoms with van der Waals surface area (Å²) in [6.45, 7) is 2.03. The molecule has 1 heterocycles. The Bertz CT molecular complexity index is 447. The monoisotopic (exact) mass is 212 g/mol. The number of aryl methyl sites for hydroxylation is 1. The van der Waals surface area contributed by atoms with E-state index in [1.807, 2.05) is 24.4 Å². The summed E-state index contributed by atoms with van der Waals surface area (Å²) >= 11 is 7.76. The molecule has 0 aliphatic rings. The minimum atomic E-state index is 0.0587. The van der Waals surface area contributed by atoms with Crippen LogP contribution in [0.4, 0.5) is 0 Å². The van der Waals surface area contributed by atoms with Crippen LogP contribution in [0.2, 0.25) is 5.02 Å². The van der Waals surface area contributed by atoms with Crippen LogP contribution >= 0.6 is 22.9 Å². The Balaban J connectivity index is 2.85. The van der Waals surface area contributed by atoms with E-state index in [1.165, 1.54) is 0 Å². The lowest BCUT2D eigenvalue weighted by Crippen LogP contribution is -1.82. The van der Waals surface area contributed by atoms with Gasteiger partial charge in [-0.3, -0.25) is 0 Å². The van der Waals surface area contributed by atoms with E-state index in [0.717, 1.165) is 26.2 Å². The highest BCUT2D eigenvalue weighted by Gasteiger charge is 2.08. The number of aliphatic hydroxyl groups is 1. The molecule has 0 saturated heterocycles. The molecule has 1 aromatic heterocycles. The Hall–Kier alpha value is -0.570. The fourth-order valence-electron chi connectivity index (χ4n) is 1.37. The standard InChI is InChI=1S/C10H9ClOS/c1-6-2-3-8-9(10(6)11)7(4-12)5-13-8/h2-3,5,12H,4H2,1H3. The van der Waals surface area contributed by atoms with Crippen molar-refractivity contribution in [3.8, 4) is 0 Å². The molecule has 0 fully saturated rings. The number of fused-ring (bicyclic) bond motifs is 1. The molecule has 1 nitrogen and oxygen atoms in total. The minimum absolute atomic E-state index is 0.0587. The fourth-order valence-corrected chi connectivity index (χ4v) is 2.67. The summed E-state index contributed by atoms with van der Waals surface area (Å²) in [5, 5.41) is 12.8. The first kappa shape index (κ1) is 9.00. The normalized spacial score (nSPS) is 11.0. The number of thiophene rings is 1. The van der Waals surface area contributed by atoms with Crippen LogP contribution in [-0.4, -0.2) is 5.11 Å². The van der Waals surface area contributed by atoms with E-state index in [4.69, 9.17) is 16.7 Å². The summed E-state index contributed by atoms with van der Waals surface area (Å²) in [5.74, 6) is 0. The van der Waals surface area contributed by atoms with Crippen LogP contribution in [0.25, 0.3) is 10.1 Å². The highest BCUT2D eigenvalue weighted by molar-refractivity contribution is 7.17. The smallest absolute Gasteiger partial charge is 0.0696 e. The molecule has 2 aromatic rings. The molecule has 0 bridgehead atoms. The Kier molecular flexibility index (Phi) is 2.28. The predicted molar refractivity (Wildman–Crippen MR) is 57.5 cm³/mol. The predicted octanol–water partition coefficient (Wildman–Crippen LogP) is 3.36. The lowest BCUT2D eigenvalue weighted by atomic mass is 10.1. The molecule has 0 atom stereocenters. The summed E-state index contributed by atoms with van der Waals surface area (Å²) in [6, 6.07) is 4.04. The van der Waals surface area contributed by atoms with E-state index < -0.39 is 0 Å². The van der Waals surface area contributed by atoms with Crippen molar-refractivity contribution in [1.82, 2.24) is 0 Å². The first-order valence-corrected chi connectivity index (χ1v) is 5.26. The molecule has 0 amide bonds. The molecule has 1 aromatic carbocycles. The van der Waals surface area contributed by atoms with Gasteiger partial charge in [-0.1, -0.05) is 17.7 Å². The molecule has 0 saturated carbocycles. The lowest BCUT2D eigenvalue weighted by molar-refractivity contribution is 0.284. The summed E-state index contributed by atoms with van der Waals surface area (Å²) in [5.41, 5.74) is 1.98. The molecular weight excluding hydrogens is 204 g/mol. The number of hydrogen-bond acceptors (Lipinski definition) is 2. The van der Waals surface area contributed by atoms with Crippen LogP contribution < -0.4 is 0 Å². The van der Waals surface area contributed by atoms with Crippen molar-refractivity contribution < 1.29 is 5.11 Å². The van der Waals surface area contributed by atoms with Crippen molar-refractivity contribution in [2.24, 2.45) is 0 Å². The van der Waals surface area contributed by atoms with Gasteiger partial charge in [-0.15, -0.1) is 11.3 Å². The van der Waals surface area contributed by atoms with Crippen molar-refractivity contribution in [3.63, 3.8) is 0 Å². The maximum Gasteiger partial charge on any atom is 0.0696 e. The number of hydrogen-bond donors (Lipinski definition) is 1. The SMILES string of the molecule is Cc1ccc2scc(CO)c2c1Cl. The molecule has 0 aliphatic carbocycles. The first-order chi connectivity index (χ1) is 6.24. The molecule has 13 heavy (non-hydrogen) atoms. The van der Waals surface area contributed by atoms with Crippen molar-refractivity contribution >= 4 is 33.0 Å². The average Bonchev–Trinajstić information content (AvgIpc) is 2.55. The van der Waals surface area contributed by atoms with Crippen molar-refractivity contribution in [1.29, 1.82) is 0 Å². The van der Waals surface area contributed by atoms with E-state index >= 15 is 0 Å². The summed E-state index contributed by atoms with van der Waals surface area (Å²) in [7, 11) is 0. The number of aliphatic hydroxyl groups excluding tert-OH is 1. The van der Waals surface area contributed by atoms with E-state index in [0.29, 0.717) is 0 Å². The second kappa shape index (κ2) is 3.29. The quantitative estimate of drug-likeness (QED) is 0.769. The molecule has 2 rings (SSSR count). The maximum absolute atomic E-state index is 9.09. The third-order valence-electron chi connectivity index (χ3n) is 2.12. The topological polar surface area (TPSA) is 20.2 Å².